The zero-order valence-electron chi connectivity index (χ0n) is 16.5. The summed E-state index contributed by atoms with van der Waals surface area (Å²) in [4.78, 5) is 14.5. The van der Waals surface area contributed by atoms with Gasteiger partial charge in [-0.3, -0.25) is 4.79 Å². The fourth-order valence-electron chi connectivity index (χ4n) is 3.65. The molecule has 0 unspecified atom stereocenters. The Hall–Kier alpha value is -0.810. The molecular formula is C19H36N2O7. The first-order valence-corrected chi connectivity index (χ1v) is 10.4. The third-order valence-electron chi connectivity index (χ3n) is 5.33. The smallest absolute Gasteiger partial charge is 0.239 e. The number of aliphatic hydroxyl groups excluding tert-OH is 4. The molecule has 2 saturated heterocycles. The van der Waals surface area contributed by atoms with Gasteiger partial charge >= 0.3 is 0 Å². The van der Waals surface area contributed by atoms with Crippen LogP contribution < -0.4 is 5.32 Å². The SMILES string of the molecule is O=C([C@@H]1CCCCN1)N1CCCOCCCCO[C@H]([C@H](O)CO)[C@H](O)[C@H](O)C1. The van der Waals surface area contributed by atoms with Gasteiger partial charge < -0.3 is 40.1 Å². The fraction of sp³-hybridized carbons (Fsp3) is 0.947. The van der Waals surface area contributed by atoms with E-state index in [-0.39, 0.29) is 25.1 Å². The second-order valence-corrected chi connectivity index (χ2v) is 7.60. The third kappa shape index (κ3) is 7.22. The molecule has 9 nitrogen and oxygen atoms in total. The van der Waals surface area contributed by atoms with Crippen molar-refractivity contribution in [2.75, 3.05) is 46.1 Å². The number of aliphatic hydroxyl groups is 4. The molecule has 0 radical (unpaired) electrons. The first-order chi connectivity index (χ1) is 13.5. The minimum absolute atomic E-state index is 0.0732. The number of hydrogen-bond donors (Lipinski definition) is 5. The number of β-amino-alcohol motifs (C(OH)–C–C–N with tert-alkyl or cyclic N) is 1. The number of carbonyl (C=O) groups excluding carboxylic acids is 1. The van der Waals surface area contributed by atoms with Crippen LogP contribution in [0.4, 0.5) is 0 Å². The first-order valence-electron chi connectivity index (χ1n) is 10.4. The number of carbonyl (C=O) groups is 1. The average Bonchev–Trinajstić information content (AvgIpc) is 2.72. The molecule has 0 spiro atoms. The Balaban J connectivity index is 2.08. The summed E-state index contributed by atoms with van der Waals surface area (Å²) < 4.78 is 11.1. The number of hydrogen-bond acceptors (Lipinski definition) is 8. The van der Waals surface area contributed by atoms with Gasteiger partial charge in [0.2, 0.25) is 5.91 Å². The van der Waals surface area contributed by atoms with Crippen molar-refractivity contribution in [3.63, 3.8) is 0 Å². The van der Waals surface area contributed by atoms with Gasteiger partial charge in [0.15, 0.2) is 0 Å². The molecule has 5 N–H and O–H groups in total. The van der Waals surface area contributed by atoms with Gasteiger partial charge in [-0.2, -0.15) is 0 Å². The van der Waals surface area contributed by atoms with Gasteiger partial charge in [-0.05, 0) is 38.6 Å². The van der Waals surface area contributed by atoms with Crippen LogP contribution in [-0.4, -0.2) is 108 Å². The maximum atomic E-state index is 12.9. The van der Waals surface area contributed by atoms with Crippen molar-refractivity contribution in [2.45, 2.75) is 69.0 Å². The highest BCUT2D eigenvalue weighted by Gasteiger charge is 2.35. The fourth-order valence-corrected chi connectivity index (χ4v) is 3.65. The van der Waals surface area contributed by atoms with Crippen LogP contribution in [0.5, 0.6) is 0 Å². The van der Waals surface area contributed by atoms with Crippen LogP contribution in [0, 0.1) is 0 Å². The van der Waals surface area contributed by atoms with Crippen LogP contribution in [0.1, 0.15) is 38.5 Å². The highest BCUT2D eigenvalue weighted by Crippen LogP contribution is 2.15. The van der Waals surface area contributed by atoms with Crippen molar-refractivity contribution in [3.8, 4) is 0 Å². The first kappa shape index (κ1) is 23.5. The number of amides is 1. The molecule has 2 heterocycles. The van der Waals surface area contributed by atoms with E-state index in [1.807, 2.05) is 0 Å². The summed E-state index contributed by atoms with van der Waals surface area (Å²) >= 11 is 0. The number of ether oxygens (including phenoxy) is 2. The summed E-state index contributed by atoms with van der Waals surface area (Å²) in [5, 5.41) is 43.6. The Morgan fingerprint density at radius 2 is 1.86 bits per heavy atom. The second kappa shape index (κ2) is 12.7. The zero-order valence-corrected chi connectivity index (χ0v) is 16.5. The van der Waals surface area contributed by atoms with Gasteiger partial charge in [-0.15, -0.1) is 0 Å². The standard InChI is InChI=1S/C19H36N2O7/c22-13-16(24)18-17(25)15(23)12-21(19(26)14-6-1-2-7-20-14)8-5-10-27-9-3-4-11-28-18/h14-18,20,22-25H,1-13H2/t14-,15+,16+,17+,18+/m0/s1. The average molecular weight is 405 g/mol. The molecule has 9 heteroatoms. The van der Waals surface area contributed by atoms with E-state index in [0.29, 0.717) is 32.6 Å². The molecule has 1 amide bonds. The van der Waals surface area contributed by atoms with Crippen molar-refractivity contribution in [1.82, 2.24) is 10.2 Å². The summed E-state index contributed by atoms with van der Waals surface area (Å²) in [5.41, 5.74) is 0. The lowest BCUT2D eigenvalue weighted by Gasteiger charge is -2.35. The van der Waals surface area contributed by atoms with E-state index in [1.165, 1.54) is 0 Å². The lowest BCUT2D eigenvalue weighted by atomic mass is 10.0. The molecule has 0 aromatic rings. The molecule has 0 aromatic heterocycles. The Kier molecular flexibility index (Phi) is 10.6. The number of nitrogens with one attached hydrogen (secondary N) is 1. The summed E-state index contributed by atoms with van der Waals surface area (Å²) in [6, 6.07) is -0.284. The van der Waals surface area contributed by atoms with Crippen LogP contribution in [0.25, 0.3) is 0 Å². The van der Waals surface area contributed by atoms with Crippen LogP contribution >= 0.6 is 0 Å². The predicted molar refractivity (Wildman–Crippen MR) is 102 cm³/mol. The lowest BCUT2D eigenvalue weighted by Crippen LogP contribution is -2.55. The van der Waals surface area contributed by atoms with E-state index in [1.54, 1.807) is 4.90 Å². The Morgan fingerprint density at radius 3 is 2.57 bits per heavy atom. The van der Waals surface area contributed by atoms with Gasteiger partial charge in [0.25, 0.3) is 0 Å². The molecule has 0 aromatic carbocycles. The lowest BCUT2D eigenvalue weighted by molar-refractivity contribution is -0.153. The molecule has 2 aliphatic rings. The van der Waals surface area contributed by atoms with E-state index in [0.717, 1.165) is 32.2 Å². The molecule has 0 saturated carbocycles. The van der Waals surface area contributed by atoms with E-state index in [4.69, 9.17) is 9.47 Å². The minimum Gasteiger partial charge on any atom is -0.394 e. The molecule has 2 fully saturated rings. The predicted octanol–water partition coefficient (Wildman–Crippen LogP) is -1.38. The normalized spacial score (nSPS) is 33.1. The molecule has 28 heavy (non-hydrogen) atoms. The zero-order chi connectivity index (χ0) is 20.4. The summed E-state index contributed by atoms with van der Waals surface area (Å²) in [6.45, 7) is 1.89. The van der Waals surface area contributed by atoms with Crippen molar-refractivity contribution in [1.29, 1.82) is 0 Å². The molecule has 0 aliphatic carbocycles. The summed E-state index contributed by atoms with van der Waals surface area (Å²) in [6.07, 6.45) is -0.337. The maximum absolute atomic E-state index is 12.9. The van der Waals surface area contributed by atoms with Crippen LogP contribution in [0.3, 0.4) is 0 Å². The van der Waals surface area contributed by atoms with Gasteiger partial charge in [-0.1, -0.05) is 6.42 Å². The Morgan fingerprint density at radius 1 is 1.11 bits per heavy atom. The van der Waals surface area contributed by atoms with E-state index < -0.39 is 31.0 Å². The number of rotatable bonds is 3. The topological polar surface area (TPSA) is 132 Å². The van der Waals surface area contributed by atoms with Gasteiger partial charge in [0.05, 0.1) is 12.6 Å². The van der Waals surface area contributed by atoms with Crippen molar-refractivity contribution in [3.05, 3.63) is 0 Å². The molecule has 164 valence electrons. The van der Waals surface area contributed by atoms with Crippen LogP contribution in [-0.2, 0) is 14.3 Å². The Labute approximate surface area is 166 Å². The quantitative estimate of drug-likeness (QED) is 0.389. The van der Waals surface area contributed by atoms with Crippen LogP contribution in [0.2, 0.25) is 0 Å². The molecule has 2 aliphatic heterocycles. The Bertz CT molecular complexity index is 448. The van der Waals surface area contributed by atoms with E-state index in [2.05, 4.69) is 5.32 Å². The van der Waals surface area contributed by atoms with Crippen molar-refractivity contribution in [2.24, 2.45) is 0 Å². The molecule has 2 rings (SSSR count). The van der Waals surface area contributed by atoms with Gasteiger partial charge in [0, 0.05) is 32.9 Å². The van der Waals surface area contributed by atoms with Crippen molar-refractivity contribution < 1.29 is 34.7 Å². The van der Waals surface area contributed by atoms with Gasteiger partial charge in [-0.25, -0.2) is 0 Å². The monoisotopic (exact) mass is 404 g/mol. The van der Waals surface area contributed by atoms with Crippen LogP contribution in [0.15, 0.2) is 0 Å². The minimum atomic E-state index is -1.42. The molecule has 0 bridgehead atoms. The summed E-state index contributed by atoms with van der Waals surface area (Å²) in [7, 11) is 0. The largest absolute Gasteiger partial charge is 0.394 e. The third-order valence-corrected chi connectivity index (χ3v) is 5.33. The number of nitrogens with zero attached hydrogens (tertiary/aromatic N) is 1. The van der Waals surface area contributed by atoms with E-state index >= 15 is 0 Å². The maximum Gasteiger partial charge on any atom is 0.239 e. The van der Waals surface area contributed by atoms with Crippen molar-refractivity contribution >= 4 is 5.91 Å². The molecule has 5 atom stereocenters. The highest BCUT2D eigenvalue weighted by molar-refractivity contribution is 5.82. The van der Waals surface area contributed by atoms with E-state index in [9.17, 15) is 25.2 Å². The number of piperidine rings is 1. The van der Waals surface area contributed by atoms with Gasteiger partial charge in [0.1, 0.15) is 24.4 Å². The molecular weight excluding hydrogens is 368 g/mol. The second-order valence-electron chi connectivity index (χ2n) is 7.60. The summed E-state index contributed by atoms with van der Waals surface area (Å²) in [5.74, 6) is -0.0989. The highest BCUT2D eigenvalue weighted by atomic mass is 16.5.